The fraction of sp³-hybridized carbons (Fsp3) is 0.263. The number of benzene rings is 2. The number of morpholine rings is 1. The zero-order valence-corrected chi connectivity index (χ0v) is 15.2. The highest BCUT2D eigenvalue weighted by atomic mass is 35.5. The zero-order valence-electron chi connectivity index (χ0n) is 13.6. The second-order valence-electron chi connectivity index (χ2n) is 5.34. The molecule has 0 radical (unpaired) electrons. The Morgan fingerprint density at radius 3 is 2.25 bits per heavy atom. The average Bonchev–Trinajstić information content (AvgIpc) is 2.61. The third-order valence-electron chi connectivity index (χ3n) is 3.78. The lowest BCUT2D eigenvalue weighted by Gasteiger charge is -2.28. The van der Waals surface area contributed by atoms with Crippen LogP contribution in [0.25, 0.3) is 6.08 Å². The van der Waals surface area contributed by atoms with Gasteiger partial charge in [-0.2, -0.15) is 0 Å². The molecule has 0 spiro atoms. The van der Waals surface area contributed by atoms with E-state index in [0.717, 1.165) is 38.5 Å². The Morgan fingerprint density at radius 2 is 1.58 bits per heavy atom. The van der Waals surface area contributed by atoms with E-state index in [2.05, 4.69) is 70.9 Å². The molecule has 0 saturated carbocycles. The molecule has 0 unspecified atom stereocenters. The summed E-state index contributed by atoms with van der Waals surface area (Å²) in [6.07, 6.45) is 4.28. The summed E-state index contributed by atoms with van der Waals surface area (Å²) >= 11 is 0. The van der Waals surface area contributed by atoms with Gasteiger partial charge in [-0.25, -0.2) is 0 Å². The number of rotatable bonds is 5. The van der Waals surface area contributed by atoms with Crippen LogP contribution in [0.2, 0.25) is 0 Å². The lowest BCUT2D eigenvalue weighted by molar-refractivity contribution is 0.122. The minimum Gasteiger partial charge on any atom is -0.382 e. The molecule has 2 aromatic rings. The van der Waals surface area contributed by atoms with Crippen LogP contribution in [-0.2, 0) is 4.74 Å². The molecule has 0 amide bonds. The van der Waals surface area contributed by atoms with Gasteiger partial charge in [0.1, 0.15) is 0 Å². The standard InChI is InChI=1S/C19H22N2O.2ClH/c1-2-5-17(6-3-1)7-4-12-20-18-8-10-19(11-9-18)21-13-15-22-16-14-21;;/h1-11,20H,12-16H2;2*1H/b7-4+;;. The van der Waals surface area contributed by atoms with Crippen molar-refractivity contribution >= 4 is 42.3 Å². The number of nitrogens with zero attached hydrogens (tertiary/aromatic N) is 1. The van der Waals surface area contributed by atoms with Crippen molar-refractivity contribution in [1.82, 2.24) is 0 Å². The van der Waals surface area contributed by atoms with Gasteiger partial charge in [0.25, 0.3) is 0 Å². The first-order valence-corrected chi connectivity index (χ1v) is 7.80. The van der Waals surface area contributed by atoms with Crippen LogP contribution in [0.1, 0.15) is 5.56 Å². The molecule has 1 saturated heterocycles. The summed E-state index contributed by atoms with van der Waals surface area (Å²) in [5.41, 5.74) is 3.65. The smallest absolute Gasteiger partial charge is 0.0642 e. The molecule has 0 bridgehead atoms. The minimum atomic E-state index is 0. The number of anilines is 2. The van der Waals surface area contributed by atoms with Gasteiger partial charge in [0.15, 0.2) is 0 Å². The summed E-state index contributed by atoms with van der Waals surface area (Å²) in [6, 6.07) is 19.0. The number of hydrogen-bond donors (Lipinski definition) is 1. The van der Waals surface area contributed by atoms with Gasteiger partial charge in [0.05, 0.1) is 13.2 Å². The average molecular weight is 367 g/mol. The molecule has 1 aliphatic rings. The van der Waals surface area contributed by atoms with Crippen LogP contribution in [0.15, 0.2) is 60.7 Å². The molecular weight excluding hydrogens is 343 g/mol. The molecule has 2 aromatic carbocycles. The molecule has 1 fully saturated rings. The van der Waals surface area contributed by atoms with Gasteiger partial charge in [-0.05, 0) is 29.8 Å². The van der Waals surface area contributed by atoms with E-state index >= 15 is 0 Å². The fourth-order valence-electron chi connectivity index (χ4n) is 2.55. The summed E-state index contributed by atoms with van der Waals surface area (Å²) in [7, 11) is 0. The summed E-state index contributed by atoms with van der Waals surface area (Å²) in [4.78, 5) is 2.36. The quantitative estimate of drug-likeness (QED) is 0.843. The maximum absolute atomic E-state index is 5.39. The van der Waals surface area contributed by atoms with Crippen molar-refractivity contribution in [2.75, 3.05) is 43.1 Å². The summed E-state index contributed by atoms with van der Waals surface area (Å²) in [5.74, 6) is 0. The van der Waals surface area contributed by atoms with E-state index in [-0.39, 0.29) is 24.8 Å². The van der Waals surface area contributed by atoms with Crippen LogP contribution in [-0.4, -0.2) is 32.8 Å². The van der Waals surface area contributed by atoms with Gasteiger partial charge in [-0.15, -0.1) is 24.8 Å². The Bertz CT molecular complexity index is 597. The van der Waals surface area contributed by atoms with E-state index < -0.39 is 0 Å². The second kappa shape index (κ2) is 11.0. The molecule has 24 heavy (non-hydrogen) atoms. The van der Waals surface area contributed by atoms with E-state index in [9.17, 15) is 0 Å². The van der Waals surface area contributed by atoms with Crippen molar-refractivity contribution in [2.24, 2.45) is 0 Å². The van der Waals surface area contributed by atoms with Crippen LogP contribution >= 0.6 is 24.8 Å². The number of ether oxygens (including phenoxy) is 1. The Hall–Kier alpha value is -1.68. The van der Waals surface area contributed by atoms with Gasteiger partial charge in [0, 0.05) is 31.0 Å². The third kappa shape index (κ3) is 6.08. The Kier molecular flexibility index (Phi) is 9.31. The first kappa shape index (κ1) is 20.4. The molecule has 5 heteroatoms. The summed E-state index contributed by atoms with van der Waals surface area (Å²) in [5, 5.41) is 3.42. The highest BCUT2D eigenvalue weighted by Crippen LogP contribution is 2.18. The maximum Gasteiger partial charge on any atom is 0.0642 e. The predicted octanol–water partition coefficient (Wildman–Crippen LogP) is 4.49. The monoisotopic (exact) mass is 366 g/mol. The van der Waals surface area contributed by atoms with Crippen LogP contribution in [0.3, 0.4) is 0 Å². The van der Waals surface area contributed by atoms with Crippen molar-refractivity contribution in [2.45, 2.75) is 0 Å². The highest BCUT2D eigenvalue weighted by Gasteiger charge is 2.10. The normalized spacial score (nSPS) is 13.9. The topological polar surface area (TPSA) is 24.5 Å². The van der Waals surface area contributed by atoms with E-state index in [1.165, 1.54) is 11.3 Å². The first-order chi connectivity index (χ1) is 10.9. The first-order valence-electron chi connectivity index (χ1n) is 7.80. The predicted molar refractivity (Wildman–Crippen MR) is 108 cm³/mol. The fourth-order valence-corrected chi connectivity index (χ4v) is 2.55. The van der Waals surface area contributed by atoms with E-state index in [1.54, 1.807) is 0 Å². The summed E-state index contributed by atoms with van der Waals surface area (Å²) in [6.45, 7) is 4.43. The lowest BCUT2D eigenvalue weighted by atomic mass is 10.2. The van der Waals surface area contributed by atoms with Crippen LogP contribution < -0.4 is 10.2 Å². The van der Waals surface area contributed by atoms with Gasteiger partial charge in [-0.3, -0.25) is 0 Å². The molecule has 1 heterocycles. The molecule has 1 N–H and O–H groups in total. The number of halogens is 2. The van der Waals surface area contributed by atoms with Crippen molar-refractivity contribution in [3.8, 4) is 0 Å². The molecule has 0 aliphatic carbocycles. The van der Waals surface area contributed by atoms with Gasteiger partial charge >= 0.3 is 0 Å². The maximum atomic E-state index is 5.39. The van der Waals surface area contributed by atoms with Crippen molar-refractivity contribution in [3.05, 3.63) is 66.2 Å². The SMILES string of the molecule is C(=C\c1ccccc1)/CNc1ccc(N2CCOCC2)cc1.Cl.Cl. The van der Waals surface area contributed by atoms with Gasteiger partial charge in [-0.1, -0.05) is 42.5 Å². The molecule has 1 aliphatic heterocycles. The molecule has 0 atom stereocenters. The molecule has 3 rings (SSSR count). The van der Waals surface area contributed by atoms with Crippen molar-refractivity contribution < 1.29 is 4.74 Å². The minimum absolute atomic E-state index is 0. The third-order valence-corrected chi connectivity index (χ3v) is 3.78. The number of hydrogen-bond acceptors (Lipinski definition) is 3. The highest BCUT2D eigenvalue weighted by molar-refractivity contribution is 5.85. The molecular formula is C19H24Cl2N2O. The van der Waals surface area contributed by atoms with E-state index in [4.69, 9.17) is 4.74 Å². The lowest BCUT2D eigenvalue weighted by Crippen LogP contribution is -2.36. The molecule has 130 valence electrons. The number of nitrogens with one attached hydrogen (secondary N) is 1. The van der Waals surface area contributed by atoms with Crippen LogP contribution in [0.5, 0.6) is 0 Å². The Morgan fingerprint density at radius 1 is 0.917 bits per heavy atom. The summed E-state index contributed by atoms with van der Waals surface area (Å²) < 4.78 is 5.39. The largest absolute Gasteiger partial charge is 0.382 e. The van der Waals surface area contributed by atoms with Gasteiger partial charge in [0.2, 0.25) is 0 Å². The van der Waals surface area contributed by atoms with Crippen LogP contribution in [0.4, 0.5) is 11.4 Å². The Labute approximate surface area is 156 Å². The van der Waals surface area contributed by atoms with E-state index in [1.807, 2.05) is 6.07 Å². The molecule has 3 nitrogen and oxygen atoms in total. The van der Waals surface area contributed by atoms with E-state index in [0.29, 0.717) is 0 Å². The second-order valence-corrected chi connectivity index (χ2v) is 5.34. The Balaban J connectivity index is 0.00000144. The van der Waals surface area contributed by atoms with Crippen LogP contribution in [0, 0.1) is 0 Å². The molecule has 0 aromatic heterocycles. The van der Waals surface area contributed by atoms with Gasteiger partial charge < -0.3 is 15.0 Å². The van der Waals surface area contributed by atoms with Crippen molar-refractivity contribution in [3.63, 3.8) is 0 Å². The zero-order chi connectivity index (χ0) is 15.0. The van der Waals surface area contributed by atoms with Crippen molar-refractivity contribution in [1.29, 1.82) is 0 Å².